The van der Waals surface area contributed by atoms with Gasteiger partial charge < -0.3 is 9.64 Å². The molecule has 132 valence electrons. The van der Waals surface area contributed by atoms with Crippen molar-refractivity contribution in [2.45, 2.75) is 12.3 Å². The van der Waals surface area contributed by atoms with Crippen LogP contribution < -0.4 is 9.64 Å². The average molecular weight is 366 g/mol. The zero-order chi connectivity index (χ0) is 18.3. The summed E-state index contributed by atoms with van der Waals surface area (Å²) in [6, 6.07) is 14.4. The first-order valence-corrected chi connectivity index (χ1v) is 9.57. The topological polar surface area (TPSA) is 57.8 Å². The highest BCUT2D eigenvalue weighted by molar-refractivity contribution is 8.02. The molecule has 0 aromatic heterocycles. The van der Waals surface area contributed by atoms with E-state index in [4.69, 9.17) is 4.74 Å². The fraction of sp³-hybridized carbons (Fsp3) is 0.300. The van der Waals surface area contributed by atoms with Crippen LogP contribution in [-0.2, 0) is 4.79 Å². The van der Waals surface area contributed by atoms with E-state index in [1.807, 2.05) is 36.4 Å². The monoisotopic (exact) mass is 366 g/mol. The van der Waals surface area contributed by atoms with Gasteiger partial charge in [-0.3, -0.25) is 9.69 Å². The first-order valence-electron chi connectivity index (χ1n) is 8.58. The lowest BCUT2D eigenvalue weighted by Crippen LogP contribution is -3.11. The minimum Gasteiger partial charge on any atom is -0.496 e. The van der Waals surface area contributed by atoms with Gasteiger partial charge in [0.2, 0.25) is 5.91 Å². The molecule has 0 bridgehead atoms. The third kappa shape index (κ3) is 2.64. The molecule has 1 unspecified atom stereocenters. The van der Waals surface area contributed by atoms with Crippen molar-refractivity contribution in [2.24, 2.45) is 0 Å². The van der Waals surface area contributed by atoms with Gasteiger partial charge in [0, 0.05) is 17.9 Å². The summed E-state index contributed by atoms with van der Waals surface area (Å²) in [6.45, 7) is 0.617. The van der Waals surface area contributed by atoms with Crippen molar-refractivity contribution in [1.29, 1.82) is 5.26 Å². The summed E-state index contributed by atoms with van der Waals surface area (Å²) < 4.78 is 5.62. The molecule has 2 aromatic rings. The van der Waals surface area contributed by atoms with E-state index in [1.54, 1.807) is 23.8 Å². The molecule has 1 amide bonds. The number of hydrogen-bond donors (Lipinski definition) is 1. The standard InChI is InChI=1S/C20H19N3O2S/c1-22-11-23-18(24)9-15(16(10-21)20(23)26-12-22)19-14-6-4-3-5-13(14)7-8-17(19)25-2/h3-8,15H,9,11-12H2,1-2H3/p+1/t15-/m0/s1. The van der Waals surface area contributed by atoms with E-state index in [2.05, 4.69) is 13.1 Å². The zero-order valence-electron chi connectivity index (χ0n) is 14.8. The predicted octanol–water partition coefficient (Wildman–Crippen LogP) is 2.08. The van der Waals surface area contributed by atoms with E-state index in [1.165, 1.54) is 4.90 Å². The van der Waals surface area contributed by atoms with Gasteiger partial charge in [0.25, 0.3) is 0 Å². The summed E-state index contributed by atoms with van der Waals surface area (Å²) in [5, 5.41) is 12.9. The molecule has 0 spiro atoms. The number of thioether (sulfide) groups is 1. The second kappa shape index (κ2) is 6.67. The van der Waals surface area contributed by atoms with Crippen LogP contribution in [0.3, 0.4) is 0 Å². The van der Waals surface area contributed by atoms with Gasteiger partial charge in [-0.25, -0.2) is 0 Å². The highest BCUT2D eigenvalue weighted by Crippen LogP contribution is 2.45. The number of ether oxygens (including phenoxy) is 1. The summed E-state index contributed by atoms with van der Waals surface area (Å²) in [6.07, 6.45) is 0.296. The maximum absolute atomic E-state index is 12.9. The van der Waals surface area contributed by atoms with Crippen LogP contribution in [0.1, 0.15) is 17.9 Å². The van der Waals surface area contributed by atoms with Gasteiger partial charge >= 0.3 is 0 Å². The van der Waals surface area contributed by atoms with Crippen LogP contribution in [0.15, 0.2) is 47.0 Å². The highest BCUT2D eigenvalue weighted by atomic mass is 32.2. The van der Waals surface area contributed by atoms with Crippen LogP contribution in [0.25, 0.3) is 10.8 Å². The summed E-state index contributed by atoms with van der Waals surface area (Å²) in [5.41, 5.74) is 1.62. The number of methoxy groups -OCH3 is 1. The van der Waals surface area contributed by atoms with Crippen molar-refractivity contribution in [3.8, 4) is 11.8 Å². The molecule has 1 N–H and O–H groups in total. The predicted molar refractivity (Wildman–Crippen MR) is 102 cm³/mol. The lowest BCUT2D eigenvalue weighted by Gasteiger charge is -2.38. The number of carbonyl (C=O) groups is 1. The van der Waals surface area contributed by atoms with Crippen molar-refractivity contribution < 1.29 is 14.4 Å². The first-order chi connectivity index (χ1) is 12.6. The fourth-order valence-corrected chi connectivity index (χ4v) is 4.94. The number of hydrogen-bond acceptors (Lipinski definition) is 4. The molecule has 2 aliphatic heterocycles. The largest absolute Gasteiger partial charge is 0.496 e. The van der Waals surface area contributed by atoms with Crippen molar-refractivity contribution in [2.75, 3.05) is 26.7 Å². The third-order valence-electron chi connectivity index (χ3n) is 5.01. The number of rotatable bonds is 2. The molecule has 2 aliphatic rings. The molecule has 0 radical (unpaired) electrons. The first kappa shape index (κ1) is 17.0. The number of nitrogens with zero attached hydrogens (tertiary/aromatic N) is 2. The molecular weight excluding hydrogens is 346 g/mol. The Kier molecular flexibility index (Phi) is 4.35. The van der Waals surface area contributed by atoms with E-state index >= 15 is 0 Å². The molecular formula is C20H20N3O2S+. The van der Waals surface area contributed by atoms with Crippen LogP contribution in [0.2, 0.25) is 0 Å². The number of nitriles is 1. The summed E-state index contributed by atoms with van der Waals surface area (Å²) in [4.78, 5) is 15.9. The van der Waals surface area contributed by atoms with Crippen molar-refractivity contribution >= 4 is 28.4 Å². The Morgan fingerprint density at radius 1 is 1.31 bits per heavy atom. The number of amides is 1. The number of fused-ring (bicyclic) bond motifs is 2. The minimum absolute atomic E-state index is 0.0746. The van der Waals surface area contributed by atoms with Gasteiger partial charge in [-0.15, -0.1) is 0 Å². The molecule has 6 heteroatoms. The Bertz CT molecular complexity index is 963. The second-order valence-corrected chi connectivity index (χ2v) is 7.68. The fourth-order valence-electron chi connectivity index (χ4n) is 3.80. The lowest BCUT2D eigenvalue weighted by atomic mass is 9.83. The third-order valence-corrected chi connectivity index (χ3v) is 6.36. The lowest BCUT2D eigenvalue weighted by molar-refractivity contribution is -0.876. The van der Waals surface area contributed by atoms with E-state index in [0.717, 1.165) is 33.0 Å². The molecule has 5 nitrogen and oxygen atoms in total. The van der Waals surface area contributed by atoms with Crippen LogP contribution in [0.4, 0.5) is 0 Å². The number of carbonyl (C=O) groups excluding carboxylic acids is 1. The van der Waals surface area contributed by atoms with Crippen LogP contribution >= 0.6 is 11.8 Å². The average Bonchev–Trinajstić information content (AvgIpc) is 2.67. The summed E-state index contributed by atoms with van der Waals surface area (Å²) >= 11 is 1.59. The Hall–Kier alpha value is -2.49. The Morgan fingerprint density at radius 2 is 2.12 bits per heavy atom. The Labute approximate surface area is 156 Å². The maximum Gasteiger partial charge on any atom is 0.232 e. The van der Waals surface area contributed by atoms with Gasteiger partial charge in [-0.2, -0.15) is 5.26 Å². The number of nitrogens with one attached hydrogen (secondary N) is 1. The molecule has 0 saturated carbocycles. The quantitative estimate of drug-likeness (QED) is 0.884. The van der Waals surface area contributed by atoms with Gasteiger partial charge in [-0.1, -0.05) is 30.3 Å². The number of quaternary nitrogens is 1. The highest BCUT2D eigenvalue weighted by Gasteiger charge is 2.40. The normalized spacial score (nSPS) is 23.0. The molecule has 2 aromatic carbocycles. The minimum atomic E-state index is -0.272. The van der Waals surface area contributed by atoms with Crippen LogP contribution in [-0.4, -0.2) is 37.5 Å². The molecule has 2 heterocycles. The van der Waals surface area contributed by atoms with E-state index < -0.39 is 0 Å². The number of benzene rings is 2. The molecule has 4 rings (SSSR count). The second-order valence-electron chi connectivity index (χ2n) is 6.72. The maximum atomic E-state index is 12.9. The van der Waals surface area contributed by atoms with E-state index in [9.17, 15) is 10.1 Å². The summed E-state index contributed by atoms with van der Waals surface area (Å²) in [7, 11) is 3.69. The van der Waals surface area contributed by atoms with Gasteiger partial charge in [-0.05, 0) is 28.6 Å². The molecule has 1 fully saturated rings. The van der Waals surface area contributed by atoms with Crippen LogP contribution in [0.5, 0.6) is 5.75 Å². The molecule has 0 aliphatic carbocycles. The van der Waals surface area contributed by atoms with Gasteiger partial charge in [0.05, 0.1) is 25.8 Å². The van der Waals surface area contributed by atoms with Gasteiger partial charge in [0.15, 0.2) is 6.67 Å². The van der Waals surface area contributed by atoms with Crippen molar-refractivity contribution in [3.63, 3.8) is 0 Å². The Morgan fingerprint density at radius 3 is 2.88 bits per heavy atom. The van der Waals surface area contributed by atoms with Gasteiger partial charge in [0.1, 0.15) is 16.7 Å². The smallest absolute Gasteiger partial charge is 0.232 e. The van der Waals surface area contributed by atoms with E-state index in [-0.39, 0.29) is 11.8 Å². The van der Waals surface area contributed by atoms with Crippen LogP contribution in [0, 0.1) is 11.3 Å². The SMILES string of the molecule is COc1ccc2ccccc2c1[C@H]1CC(=O)N2C[NH+](C)CSC2=C1C#N. The van der Waals surface area contributed by atoms with Crippen molar-refractivity contribution in [3.05, 3.63) is 52.6 Å². The number of allylic oxidation sites excluding steroid dienone is 1. The zero-order valence-corrected chi connectivity index (χ0v) is 15.6. The Balaban J connectivity index is 1.94. The summed E-state index contributed by atoms with van der Waals surface area (Å²) in [5.74, 6) is 1.38. The van der Waals surface area contributed by atoms with E-state index in [0.29, 0.717) is 18.7 Å². The molecule has 26 heavy (non-hydrogen) atoms. The van der Waals surface area contributed by atoms with Crippen molar-refractivity contribution in [1.82, 2.24) is 4.90 Å². The molecule has 1 saturated heterocycles. The molecule has 2 atom stereocenters.